The molecule has 0 saturated carbocycles. The average Bonchev–Trinajstić information content (AvgIpc) is 3.43. The van der Waals surface area contributed by atoms with Gasteiger partial charge in [-0.2, -0.15) is 0 Å². The largest absolute Gasteiger partial charge is 0.484 e. The molecule has 0 N–H and O–H groups in total. The lowest BCUT2D eigenvalue weighted by Gasteiger charge is -2.44. The molecule has 2 heterocycles. The molecule has 0 bridgehead atoms. The van der Waals surface area contributed by atoms with E-state index < -0.39 is 78.5 Å². The van der Waals surface area contributed by atoms with Crippen LogP contribution in [0.25, 0.3) is 11.0 Å². The van der Waals surface area contributed by atoms with Gasteiger partial charge in [-0.1, -0.05) is 121 Å². The molecule has 1 aromatic heterocycles. The van der Waals surface area contributed by atoms with Crippen LogP contribution < -0.4 is 19.8 Å². The second-order valence-corrected chi connectivity index (χ2v) is 16.1. The van der Waals surface area contributed by atoms with Crippen LogP contribution in [0.5, 0.6) is 17.2 Å². The van der Waals surface area contributed by atoms with Gasteiger partial charge in [0, 0.05) is 6.07 Å². The number of ether oxygens (including phenoxy) is 8. The van der Waals surface area contributed by atoms with Gasteiger partial charge in [0.05, 0.1) is 33.2 Å². The van der Waals surface area contributed by atoms with Crippen LogP contribution >= 0.6 is 0 Å². The summed E-state index contributed by atoms with van der Waals surface area (Å²) in [6, 6.07) is 53.3. The van der Waals surface area contributed by atoms with Crippen LogP contribution in [-0.4, -0.2) is 67.2 Å². The van der Waals surface area contributed by atoms with Gasteiger partial charge in [0.25, 0.3) is 5.75 Å². The monoisotopic (exact) mass is 966 g/mol. The number of benzene rings is 7. The Balaban J connectivity index is 1.13. The first-order valence-corrected chi connectivity index (χ1v) is 22.6. The van der Waals surface area contributed by atoms with Crippen molar-refractivity contribution < 1.29 is 66.3 Å². The smallest absolute Gasteiger partial charge is 0.383 e. The summed E-state index contributed by atoms with van der Waals surface area (Å²) in [6.45, 7) is -0.633. The highest BCUT2D eigenvalue weighted by Gasteiger charge is 2.54. The average molecular weight is 967 g/mol. The predicted octanol–water partition coefficient (Wildman–Crippen LogP) is 9.23. The minimum atomic E-state index is -1.73. The summed E-state index contributed by atoms with van der Waals surface area (Å²) >= 11 is 0. The number of rotatable bonds is 16. The molecule has 1 aliphatic heterocycles. The van der Waals surface area contributed by atoms with Crippen molar-refractivity contribution in [3.8, 4) is 17.2 Å². The fraction of sp³-hybridized carbons (Fsp3) is 0.123. The molecule has 7 aromatic carbocycles. The van der Waals surface area contributed by atoms with Gasteiger partial charge in [-0.05, 0) is 78.4 Å². The van der Waals surface area contributed by atoms with Gasteiger partial charge in [0.15, 0.2) is 18.0 Å². The summed E-state index contributed by atoms with van der Waals surface area (Å²) in [6.07, 6.45) is -8.27. The highest BCUT2D eigenvalue weighted by atomic mass is 16.7. The molecule has 1 fully saturated rings. The van der Waals surface area contributed by atoms with Crippen LogP contribution in [-0.2, 0) is 30.3 Å². The Labute approximate surface area is 411 Å². The van der Waals surface area contributed by atoms with Crippen molar-refractivity contribution in [1.82, 2.24) is 0 Å². The van der Waals surface area contributed by atoms with E-state index >= 15 is 0 Å². The van der Waals surface area contributed by atoms with Gasteiger partial charge in [0.1, 0.15) is 30.7 Å². The summed E-state index contributed by atoms with van der Waals surface area (Å²) < 4.78 is 54.8. The van der Waals surface area contributed by atoms with E-state index in [4.69, 9.17) is 42.3 Å². The summed E-state index contributed by atoms with van der Waals surface area (Å²) in [7, 11) is 0. The summed E-state index contributed by atoms with van der Waals surface area (Å²) in [4.78, 5) is 82.7. The first kappa shape index (κ1) is 47.7. The Morgan fingerprint density at radius 2 is 0.903 bits per heavy atom. The van der Waals surface area contributed by atoms with Crippen molar-refractivity contribution in [3.05, 3.63) is 244 Å². The van der Waals surface area contributed by atoms with Gasteiger partial charge >= 0.3 is 35.5 Å². The normalized spacial score (nSPS) is 17.1. The molecular formula is C57H42O15. The van der Waals surface area contributed by atoms with Crippen LogP contribution in [0.4, 0.5) is 0 Å². The highest BCUT2D eigenvalue weighted by Crippen LogP contribution is 2.38. The molecule has 0 radical (unpaired) electrons. The van der Waals surface area contributed by atoms with E-state index in [0.717, 1.165) is 5.56 Å². The number of carbonyl (C=O) groups excluding carboxylic acids is 5. The number of hydrogen-bond acceptors (Lipinski definition) is 15. The van der Waals surface area contributed by atoms with Crippen molar-refractivity contribution in [2.45, 2.75) is 37.3 Å². The Hall–Kier alpha value is -9.34. The standard InChI is InChI=1S/C57H42O15/c58-51(37-21-9-2-10-22-37)65-35-45-47(69-52(59)38-23-11-3-12-24-38)48(70-53(60)39-25-13-4-14-26-39)50(72-55(62)41-29-17-6-18-30-41)57(68-45)66-42-31-32-43-44(33-42)67-56(63)49(71-54(61)40-27-15-5-16-28-40)46(43)64-34-36-19-7-1-8-20-36/h1-33,45,47-48,50,57H,34-35H2/t45-,47-,48+,50+,57+/m1/s1. The SMILES string of the molecule is O=C(OC[C@H]1O[C@H](Oc2ccc3c(OCc4ccccc4)c(OC(=O)c4ccccc4)c(=O)oc3c2)[C@@H](OC(=O)c2ccccc2)[C@@H](OC(=O)c2ccccc2)[C@@H]1OC(=O)c1ccccc1)c1ccccc1. The third-order valence-electron chi connectivity index (χ3n) is 11.2. The Bertz CT molecular complexity index is 3220. The minimum Gasteiger partial charge on any atom is -0.484 e. The van der Waals surface area contributed by atoms with Crippen LogP contribution in [0.3, 0.4) is 0 Å². The fourth-order valence-electron chi connectivity index (χ4n) is 7.65. The molecule has 72 heavy (non-hydrogen) atoms. The molecule has 9 rings (SSSR count). The highest BCUT2D eigenvalue weighted by molar-refractivity contribution is 5.94. The van der Waals surface area contributed by atoms with E-state index in [0.29, 0.717) is 0 Å². The molecule has 0 aliphatic carbocycles. The van der Waals surface area contributed by atoms with E-state index in [1.165, 1.54) is 66.7 Å². The molecule has 1 aliphatic rings. The van der Waals surface area contributed by atoms with E-state index in [1.807, 2.05) is 30.3 Å². The summed E-state index contributed by atoms with van der Waals surface area (Å²) in [5.74, 6) is -4.93. The number of fused-ring (bicyclic) bond motifs is 1. The summed E-state index contributed by atoms with van der Waals surface area (Å²) in [5.41, 5.74) is 0.259. The van der Waals surface area contributed by atoms with Crippen LogP contribution in [0.15, 0.2) is 209 Å². The van der Waals surface area contributed by atoms with E-state index in [1.54, 1.807) is 103 Å². The second kappa shape index (κ2) is 22.4. The zero-order chi connectivity index (χ0) is 49.8. The lowest BCUT2D eigenvalue weighted by molar-refractivity contribution is -0.275. The molecule has 0 spiro atoms. The maximum atomic E-state index is 14.1. The number of carbonyl (C=O) groups is 5. The maximum Gasteiger partial charge on any atom is 0.383 e. The molecule has 15 heteroatoms. The third-order valence-corrected chi connectivity index (χ3v) is 11.2. The van der Waals surface area contributed by atoms with Gasteiger partial charge < -0.3 is 42.3 Å². The molecular weight excluding hydrogens is 925 g/mol. The minimum absolute atomic E-state index is 0.0345. The lowest BCUT2D eigenvalue weighted by Crippen LogP contribution is -2.63. The molecule has 8 aromatic rings. The molecule has 0 amide bonds. The first-order valence-electron chi connectivity index (χ1n) is 22.6. The van der Waals surface area contributed by atoms with Crippen molar-refractivity contribution in [2.24, 2.45) is 0 Å². The van der Waals surface area contributed by atoms with Crippen molar-refractivity contribution in [3.63, 3.8) is 0 Å². The van der Waals surface area contributed by atoms with E-state index in [9.17, 15) is 28.8 Å². The maximum absolute atomic E-state index is 14.1. The van der Waals surface area contributed by atoms with E-state index in [-0.39, 0.29) is 56.9 Å². The van der Waals surface area contributed by atoms with Gasteiger partial charge in [-0.3, -0.25) is 0 Å². The van der Waals surface area contributed by atoms with Gasteiger partial charge in [-0.15, -0.1) is 0 Å². The van der Waals surface area contributed by atoms with E-state index in [2.05, 4.69) is 0 Å². The molecule has 0 unspecified atom stereocenters. The third kappa shape index (κ3) is 11.4. The van der Waals surface area contributed by atoms with Crippen molar-refractivity contribution in [2.75, 3.05) is 6.61 Å². The molecule has 360 valence electrons. The molecule has 1 saturated heterocycles. The number of hydrogen-bond donors (Lipinski definition) is 0. The predicted molar refractivity (Wildman–Crippen MR) is 258 cm³/mol. The Morgan fingerprint density at radius 1 is 0.458 bits per heavy atom. The van der Waals surface area contributed by atoms with Crippen LogP contribution in [0.1, 0.15) is 57.4 Å². The molecule has 15 nitrogen and oxygen atoms in total. The molecule has 5 atom stereocenters. The Kier molecular flexibility index (Phi) is 14.8. The first-order chi connectivity index (χ1) is 35.2. The van der Waals surface area contributed by atoms with Crippen molar-refractivity contribution in [1.29, 1.82) is 0 Å². The van der Waals surface area contributed by atoms with Gasteiger partial charge in [-0.25, -0.2) is 28.8 Å². The topological polar surface area (TPSA) is 189 Å². The zero-order valence-electron chi connectivity index (χ0n) is 38.0. The van der Waals surface area contributed by atoms with Crippen molar-refractivity contribution >= 4 is 40.8 Å². The summed E-state index contributed by atoms with van der Waals surface area (Å²) in [5, 5.41) is 0.193. The zero-order valence-corrected chi connectivity index (χ0v) is 38.0. The number of esters is 5. The Morgan fingerprint density at radius 3 is 1.42 bits per heavy atom. The van der Waals surface area contributed by atoms with Gasteiger partial charge in [0.2, 0.25) is 12.4 Å². The lowest BCUT2D eigenvalue weighted by atomic mass is 9.97. The quantitative estimate of drug-likeness (QED) is 0.0506. The van der Waals surface area contributed by atoms with Crippen LogP contribution in [0, 0.1) is 0 Å². The second-order valence-electron chi connectivity index (χ2n) is 16.1. The van der Waals surface area contributed by atoms with Crippen LogP contribution in [0.2, 0.25) is 0 Å². The fourth-order valence-corrected chi connectivity index (χ4v) is 7.65.